The third-order valence-corrected chi connectivity index (χ3v) is 5.64. The Hall–Kier alpha value is -1.85. The van der Waals surface area contributed by atoms with Crippen LogP contribution in [0, 0.1) is 5.92 Å². The van der Waals surface area contributed by atoms with E-state index in [1.807, 2.05) is 17.5 Å². The summed E-state index contributed by atoms with van der Waals surface area (Å²) in [6.45, 7) is 8.61. The van der Waals surface area contributed by atoms with E-state index in [1.165, 1.54) is 26.3 Å². The summed E-state index contributed by atoms with van der Waals surface area (Å²) in [5, 5.41) is 7.24. The van der Waals surface area contributed by atoms with Crippen molar-refractivity contribution in [2.45, 2.75) is 26.9 Å². The number of anilines is 1. The van der Waals surface area contributed by atoms with Gasteiger partial charge in [-0.2, -0.15) is 5.10 Å². The van der Waals surface area contributed by atoms with Gasteiger partial charge in [-0.25, -0.2) is 0 Å². The fourth-order valence-corrected chi connectivity index (χ4v) is 4.66. The van der Waals surface area contributed by atoms with Crippen molar-refractivity contribution in [1.82, 2.24) is 14.7 Å². The maximum absolute atomic E-state index is 4.58. The first-order valence-corrected chi connectivity index (χ1v) is 9.37. The fraction of sp³-hybridized carbons (Fsp3) is 0.421. The summed E-state index contributed by atoms with van der Waals surface area (Å²) in [5.41, 5.74) is 2.67. The van der Waals surface area contributed by atoms with Crippen molar-refractivity contribution in [3.8, 4) is 0 Å². The molecule has 3 heterocycles. The number of fused-ring (bicyclic) bond motifs is 2. The van der Waals surface area contributed by atoms with Gasteiger partial charge in [0.25, 0.3) is 0 Å². The number of nitrogens with zero attached hydrogens (tertiary/aromatic N) is 4. The lowest BCUT2D eigenvalue weighted by Crippen LogP contribution is -2.41. The maximum Gasteiger partial charge on any atom is 0.0968 e. The zero-order chi connectivity index (χ0) is 16.7. The normalized spacial score (nSPS) is 15.4. The number of aromatic nitrogens is 2. The molecule has 126 valence electrons. The summed E-state index contributed by atoms with van der Waals surface area (Å²) in [4.78, 5) is 6.31. The highest BCUT2D eigenvalue weighted by atomic mass is 32.1. The molecule has 4 rings (SSSR count). The van der Waals surface area contributed by atoms with Gasteiger partial charge in [-0.1, -0.05) is 32.0 Å². The largest absolute Gasteiger partial charge is 0.350 e. The minimum Gasteiger partial charge on any atom is -0.350 e. The first-order valence-electron chi connectivity index (χ1n) is 8.56. The molecule has 2 aromatic heterocycles. The second-order valence-corrected chi connectivity index (χ2v) is 8.29. The number of rotatable bonds is 4. The van der Waals surface area contributed by atoms with Crippen LogP contribution in [-0.4, -0.2) is 34.9 Å². The molecular formula is C19H24N4S. The summed E-state index contributed by atoms with van der Waals surface area (Å²) in [6.07, 6.45) is 1.96. The van der Waals surface area contributed by atoms with Crippen LogP contribution in [0.25, 0.3) is 10.9 Å². The first-order chi connectivity index (χ1) is 11.6. The molecule has 0 radical (unpaired) electrons. The lowest BCUT2D eigenvalue weighted by Gasteiger charge is -2.35. The topological polar surface area (TPSA) is 24.3 Å². The number of hydrogen-bond acceptors (Lipinski definition) is 4. The molecule has 24 heavy (non-hydrogen) atoms. The van der Waals surface area contributed by atoms with E-state index in [2.05, 4.69) is 70.8 Å². The van der Waals surface area contributed by atoms with E-state index >= 15 is 0 Å². The molecule has 4 nitrogen and oxygen atoms in total. The van der Waals surface area contributed by atoms with Crippen molar-refractivity contribution < 1.29 is 0 Å². The Bertz CT molecular complexity index is 848. The second-order valence-electron chi connectivity index (χ2n) is 7.18. The van der Waals surface area contributed by atoms with Gasteiger partial charge in [0.2, 0.25) is 0 Å². The smallest absolute Gasteiger partial charge is 0.0968 e. The molecule has 5 heteroatoms. The highest BCUT2D eigenvalue weighted by molar-refractivity contribution is 7.16. The first kappa shape index (κ1) is 15.7. The standard InChI is InChI=1S/C19H24N4S/c1-14(2)10-22-13-21(3)11-16-8-17(24-19(16)22)12-23-18-7-5-4-6-15(18)9-20-23/h4-9,14H,10-13H2,1-3H3. The van der Waals surface area contributed by atoms with Gasteiger partial charge in [0.05, 0.1) is 29.9 Å². The van der Waals surface area contributed by atoms with Crippen molar-refractivity contribution in [2.75, 3.05) is 25.2 Å². The maximum atomic E-state index is 4.58. The molecule has 3 aromatic rings. The van der Waals surface area contributed by atoms with Crippen molar-refractivity contribution in [3.63, 3.8) is 0 Å². The number of para-hydroxylation sites is 1. The Balaban J connectivity index is 1.63. The van der Waals surface area contributed by atoms with E-state index in [9.17, 15) is 0 Å². The van der Waals surface area contributed by atoms with E-state index in [-0.39, 0.29) is 0 Å². The third kappa shape index (κ3) is 2.94. The highest BCUT2D eigenvalue weighted by Gasteiger charge is 2.23. The Morgan fingerprint density at radius 2 is 2.08 bits per heavy atom. The van der Waals surface area contributed by atoms with Crippen molar-refractivity contribution >= 4 is 27.2 Å². The van der Waals surface area contributed by atoms with E-state index in [0.717, 1.165) is 26.3 Å². The van der Waals surface area contributed by atoms with Crippen LogP contribution in [0.5, 0.6) is 0 Å². The van der Waals surface area contributed by atoms with Crippen LogP contribution < -0.4 is 4.90 Å². The third-order valence-electron chi connectivity index (χ3n) is 4.42. The van der Waals surface area contributed by atoms with Gasteiger partial charge >= 0.3 is 0 Å². The molecular weight excluding hydrogens is 316 g/mol. The van der Waals surface area contributed by atoms with Crippen LogP contribution in [0.15, 0.2) is 36.5 Å². The van der Waals surface area contributed by atoms with Gasteiger partial charge in [0, 0.05) is 28.9 Å². The van der Waals surface area contributed by atoms with Crippen LogP contribution in [0.3, 0.4) is 0 Å². The molecule has 0 bridgehead atoms. The monoisotopic (exact) mass is 340 g/mol. The van der Waals surface area contributed by atoms with Crippen molar-refractivity contribution in [2.24, 2.45) is 5.92 Å². The fourth-order valence-electron chi connectivity index (χ4n) is 3.51. The molecule has 0 aliphatic carbocycles. The van der Waals surface area contributed by atoms with E-state index in [1.54, 1.807) is 0 Å². The highest BCUT2D eigenvalue weighted by Crippen LogP contribution is 2.36. The van der Waals surface area contributed by atoms with Gasteiger partial charge in [-0.15, -0.1) is 11.3 Å². The molecule has 0 spiro atoms. The SMILES string of the molecule is CC(C)CN1CN(C)Cc2cc(Cn3ncc4ccccc43)sc21. The van der Waals surface area contributed by atoms with E-state index < -0.39 is 0 Å². The van der Waals surface area contributed by atoms with Crippen molar-refractivity contribution in [3.05, 3.63) is 47.0 Å². The Morgan fingerprint density at radius 3 is 2.92 bits per heavy atom. The molecule has 0 unspecified atom stereocenters. The van der Waals surface area contributed by atoms with E-state index in [0.29, 0.717) is 5.92 Å². The lowest BCUT2D eigenvalue weighted by atomic mass is 10.1. The van der Waals surface area contributed by atoms with Gasteiger partial charge in [0.15, 0.2) is 0 Å². The molecule has 1 aliphatic rings. The Labute approximate surface area is 147 Å². The molecule has 0 N–H and O–H groups in total. The minimum absolute atomic E-state index is 0.671. The molecule has 0 amide bonds. The van der Waals surface area contributed by atoms with Gasteiger partial charge < -0.3 is 4.90 Å². The molecule has 1 aliphatic heterocycles. The minimum atomic E-state index is 0.671. The molecule has 1 aromatic carbocycles. The summed E-state index contributed by atoms with van der Waals surface area (Å²) >= 11 is 1.93. The van der Waals surface area contributed by atoms with Crippen LogP contribution in [0.2, 0.25) is 0 Å². The number of benzene rings is 1. The molecule has 0 atom stereocenters. The molecule has 0 fully saturated rings. The Kier molecular flexibility index (Phi) is 4.06. The summed E-state index contributed by atoms with van der Waals surface area (Å²) in [5.74, 6) is 0.671. The van der Waals surface area contributed by atoms with Gasteiger partial charge in [-0.3, -0.25) is 9.58 Å². The molecule has 0 saturated heterocycles. The predicted octanol–water partition coefficient (Wildman–Crippen LogP) is 4.01. The zero-order valence-corrected chi connectivity index (χ0v) is 15.4. The summed E-state index contributed by atoms with van der Waals surface area (Å²) in [7, 11) is 2.20. The van der Waals surface area contributed by atoms with Crippen LogP contribution in [0.4, 0.5) is 5.00 Å². The second kappa shape index (κ2) is 6.22. The number of hydrogen-bond donors (Lipinski definition) is 0. The number of thiophene rings is 1. The predicted molar refractivity (Wildman–Crippen MR) is 102 cm³/mol. The average Bonchev–Trinajstić information content (AvgIpc) is 3.11. The summed E-state index contributed by atoms with van der Waals surface area (Å²) < 4.78 is 2.11. The Morgan fingerprint density at radius 1 is 1.25 bits per heavy atom. The lowest BCUT2D eigenvalue weighted by molar-refractivity contribution is 0.305. The van der Waals surface area contributed by atoms with Crippen LogP contribution >= 0.6 is 11.3 Å². The van der Waals surface area contributed by atoms with E-state index in [4.69, 9.17) is 0 Å². The summed E-state index contributed by atoms with van der Waals surface area (Å²) in [6, 6.07) is 10.8. The van der Waals surface area contributed by atoms with Crippen LogP contribution in [-0.2, 0) is 13.1 Å². The van der Waals surface area contributed by atoms with Gasteiger partial charge in [-0.05, 0) is 25.1 Å². The van der Waals surface area contributed by atoms with Crippen molar-refractivity contribution in [1.29, 1.82) is 0 Å². The molecule has 0 saturated carbocycles. The quantitative estimate of drug-likeness (QED) is 0.717. The average molecular weight is 340 g/mol. The zero-order valence-electron chi connectivity index (χ0n) is 14.6. The van der Waals surface area contributed by atoms with Crippen LogP contribution in [0.1, 0.15) is 24.3 Å². The van der Waals surface area contributed by atoms with Gasteiger partial charge in [0.1, 0.15) is 0 Å².